The van der Waals surface area contributed by atoms with Crippen molar-refractivity contribution in [2.75, 3.05) is 39.3 Å². The van der Waals surface area contributed by atoms with Crippen molar-refractivity contribution >= 4 is 10.2 Å². The van der Waals surface area contributed by atoms with Gasteiger partial charge in [-0.15, -0.1) is 0 Å². The first kappa shape index (κ1) is 17.3. The van der Waals surface area contributed by atoms with Crippen molar-refractivity contribution < 1.29 is 12.8 Å². The minimum Gasteiger partial charge on any atom is -0.301 e. The monoisotopic (exact) mass is 329 g/mol. The molecule has 1 heterocycles. The molecule has 1 aliphatic heterocycles. The first-order chi connectivity index (χ1) is 10.5. The number of nitrogens with one attached hydrogen (secondary N) is 1. The number of hydrogen-bond acceptors (Lipinski definition) is 3. The fraction of sp³-hybridized carbons (Fsp3) is 0.600. The van der Waals surface area contributed by atoms with Crippen LogP contribution in [-0.2, 0) is 16.6 Å². The molecule has 0 unspecified atom stereocenters. The van der Waals surface area contributed by atoms with Gasteiger partial charge in [0.15, 0.2) is 0 Å². The Morgan fingerprint density at radius 1 is 1.18 bits per heavy atom. The lowest BCUT2D eigenvalue weighted by atomic mass is 10.1. The molecule has 5 nitrogen and oxygen atoms in total. The van der Waals surface area contributed by atoms with E-state index in [4.69, 9.17) is 0 Å². The van der Waals surface area contributed by atoms with Crippen molar-refractivity contribution in [3.05, 3.63) is 35.6 Å². The molecule has 1 fully saturated rings. The summed E-state index contributed by atoms with van der Waals surface area (Å²) in [5.74, 6) is -0.149. The van der Waals surface area contributed by atoms with Crippen molar-refractivity contribution in [3.8, 4) is 0 Å². The summed E-state index contributed by atoms with van der Waals surface area (Å²) in [4.78, 5) is 2.23. The summed E-state index contributed by atoms with van der Waals surface area (Å²) >= 11 is 0. The minimum absolute atomic E-state index is 0.149. The lowest BCUT2D eigenvalue weighted by Gasteiger charge is -2.33. The van der Waals surface area contributed by atoms with E-state index in [-0.39, 0.29) is 5.82 Å². The van der Waals surface area contributed by atoms with E-state index < -0.39 is 10.2 Å². The zero-order valence-electron chi connectivity index (χ0n) is 13.0. The van der Waals surface area contributed by atoms with Crippen molar-refractivity contribution in [2.45, 2.75) is 19.8 Å². The van der Waals surface area contributed by atoms with E-state index in [2.05, 4.69) is 9.62 Å². The molecule has 0 atom stereocenters. The van der Waals surface area contributed by atoms with Gasteiger partial charge in [-0.25, -0.2) is 9.11 Å². The summed E-state index contributed by atoms with van der Waals surface area (Å²) in [5, 5.41) is 0. The molecule has 2 rings (SSSR count). The molecule has 124 valence electrons. The SMILES string of the molecule is CCNS(=O)(=O)N1CCN(CCCc2ccccc2F)CC1. The zero-order valence-corrected chi connectivity index (χ0v) is 13.8. The molecule has 1 aromatic carbocycles. The molecular weight excluding hydrogens is 305 g/mol. The Hall–Kier alpha value is -1.02. The van der Waals surface area contributed by atoms with Crippen molar-refractivity contribution in [3.63, 3.8) is 0 Å². The second kappa shape index (κ2) is 8.01. The summed E-state index contributed by atoms with van der Waals surface area (Å²) in [5.41, 5.74) is 0.746. The Labute approximate surface area is 132 Å². The molecule has 0 bridgehead atoms. The molecule has 7 heteroatoms. The van der Waals surface area contributed by atoms with Crippen LogP contribution in [0.5, 0.6) is 0 Å². The molecule has 0 radical (unpaired) electrons. The van der Waals surface area contributed by atoms with Crippen LogP contribution in [0.25, 0.3) is 0 Å². The number of benzene rings is 1. The number of hydrogen-bond donors (Lipinski definition) is 1. The minimum atomic E-state index is -3.32. The molecule has 0 aliphatic carbocycles. The quantitative estimate of drug-likeness (QED) is 0.819. The van der Waals surface area contributed by atoms with Crippen LogP contribution >= 0.6 is 0 Å². The van der Waals surface area contributed by atoms with E-state index in [1.807, 2.05) is 12.1 Å². The van der Waals surface area contributed by atoms with Gasteiger partial charge in [0.1, 0.15) is 5.82 Å². The largest absolute Gasteiger partial charge is 0.301 e. The van der Waals surface area contributed by atoms with E-state index in [1.54, 1.807) is 13.0 Å². The van der Waals surface area contributed by atoms with Gasteiger partial charge in [0, 0.05) is 32.7 Å². The van der Waals surface area contributed by atoms with E-state index in [0.717, 1.165) is 31.6 Å². The Morgan fingerprint density at radius 3 is 2.50 bits per heavy atom. The molecule has 1 aromatic rings. The molecule has 1 N–H and O–H groups in total. The van der Waals surface area contributed by atoms with Crippen molar-refractivity contribution in [2.24, 2.45) is 0 Å². The van der Waals surface area contributed by atoms with Gasteiger partial charge in [0.05, 0.1) is 0 Å². The molecule has 0 aromatic heterocycles. The van der Waals surface area contributed by atoms with Crippen LogP contribution in [0.4, 0.5) is 4.39 Å². The van der Waals surface area contributed by atoms with Crippen LogP contribution < -0.4 is 4.72 Å². The van der Waals surface area contributed by atoms with E-state index in [0.29, 0.717) is 26.1 Å². The van der Waals surface area contributed by atoms with Crippen LogP contribution in [0, 0.1) is 5.82 Å². The second-order valence-corrected chi connectivity index (χ2v) is 7.19. The maximum atomic E-state index is 13.5. The summed E-state index contributed by atoms with van der Waals surface area (Å²) in [7, 11) is -3.32. The van der Waals surface area contributed by atoms with Gasteiger partial charge in [-0.3, -0.25) is 0 Å². The van der Waals surface area contributed by atoms with E-state index >= 15 is 0 Å². The van der Waals surface area contributed by atoms with Gasteiger partial charge >= 0.3 is 0 Å². The van der Waals surface area contributed by atoms with Crippen LogP contribution in [0.1, 0.15) is 18.9 Å². The standard InChI is InChI=1S/C15H24FN3O2S/c1-2-17-22(20,21)19-12-10-18(11-13-19)9-5-7-14-6-3-4-8-15(14)16/h3-4,6,8,17H,2,5,7,9-13H2,1H3. The summed E-state index contributed by atoms with van der Waals surface area (Å²) in [6.07, 6.45) is 1.59. The third-order valence-corrected chi connectivity index (χ3v) is 5.57. The van der Waals surface area contributed by atoms with Crippen LogP contribution in [0.3, 0.4) is 0 Å². The highest BCUT2D eigenvalue weighted by atomic mass is 32.2. The normalized spacial score (nSPS) is 17.7. The number of nitrogens with zero attached hydrogens (tertiary/aromatic N) is 2. The van der Waals surface area contributed by atoms with Gasteiger partial charge in [0.25, 0.3) is 10.2 Å². The Bertz CT molecular complexity index is 572. The molecule has 22 heavy (non-hydrogen) atoms. The fourth-order valence-corrected chi connectivity index (χ4v) is 3.85. The third-order valence-electron chi connectivity index (χ3n) is 3.88. The Balaban J connectivity index is 1.73. The molecule has 1 saturated heterocycles. The predicted molar refractivity (Wildman–Crippen MR) is 85.3 cm³/mol. The van der Waals surface area contributed by atoms with Gasteiger partial charge in [0.2, 0.25) is 0 Å². The number of piperazine rings is 1. The van der Waals surface area contributed by atoms with E-state index in [1.165, 1.54) is 10.4 Å². The topological polar surface area (TPSA) is 52.7 Å². The maximum absolute atomic E-state index is 13.5. The van der Waals surface area contributed by atoms with Crippen LogP contribution in [0.2, 0.25) is 0 Å². The van der Waals surface area contributed by atoms with Gasteiger partial charge in [-0.1, -0.05) is 25.1 Å². The van der Waals surface area contributed by atoms with Gasteiger partial charge in [-0.2, -0.15) is 12.7 Å². The first-order valence-electron chi connectivity index (χ1n) is 7.73. The molecular formula is C15H24FN3O2S. The smallest absolute Gasteiger partial charge is 0.279 e. The Kier molecular flexibility index (Phi) is 6.31. The average molecular weight is 329 g/mol. The summed E-state index contributed by atoms with van der Waals surface area (Å²) in [6, 6.07) is 6.85. The third kappa shape index (κ3) is 4.74. The van der Waals surface area contributed by atoms with Crippen LogP contribution in [-0.4, -0.2) is 56.9 Å². The average Bonchev–Trinajstić information content (AvgIpc) is 2.50. The van der Waals surface area contributed by atoms with Crippen LogP contribution in [0.15, 0.2) is 24.3 Å². The van der Waals surface area contributed by atoms with Gasteiger partial charge in [-0.05, 0) is 31.0 Å². The summed E-state index contributed by atoms with van der Waals surface area (Å²) < 4.78 is 41.3. The number of halogens is 1. The second-order valence-electron chi connectivity index (χ2n) is 5.44. The fourth-order valence-electron chi connectivity index (χ4n) is 2.66. The highest BCUT2D eigenvalue weighted by Crippen LogP contribution is 2.11. The van der Waals surface area contributed by atoms with Gasteiger partial charge < -0.3 is 4.90 Å². The molecule has 0 saturated carbocycles. The number of rotatable bonds is 7. The molecule has 1 aliphatic rings. The summed E-state index contributed by atoms with van der Waals surface area (Å²) in [6.45, 7) is 5.51. The van der Waals surface area contributed by atoms with Crippen molar-refractivity contribution in [1.82, 2.24) is 13.9 Å². The van der Waals surface area contributed by atoms with Crippen molar-refractivity contribution in [1.29, 1.82) is 0 Å². The predicted octanol–water partition coefficient (Wildman–Crippen LogP) is 1.23. The first-order valence-corrected chi connectivity index (χ1v) is 9.17. The molecule has 0 spiro atoms. The van der Waals surface area contributed by atoms with E-state index in [9.17, 15) is 12.8 Å². The highest BCUT2D eigenvalue weighted by Gasteiger charge is 2.25. The highest BCUT2D eigenvalue weighted by molar-refractivity contribution is 7.87. The zero-order chi connectivity index (χ0) is 16.0. The molecule has 0 amide bonds. The number of aryl methyl sites for hydroxylation is 1. The maximum Gasteiger partial charge on any atom is 0.279 e. The lowest BCUT2D eigenvalue weighted by molar-refractivity contribution is 0.185. The Morgan fingerprint density at radius 2 is 1.86 bits per heavy atom. The lowest BCUT2D eigenvalue weighted by Crippen LogP contribution is -2.52.